The summed E-state index contributed by atoms with van der Waals surface area (Å²) in [7, 11) is 1.64. The van der Waals surface area contributed by atoms with Crippen LogP contribution < -0.4 is 0 Å². The summed E-state index contributed by atoms with van der Waals surface area (Å²) < 4.78 is 11.8. The van der Waals surface area contributed by atoms with E-state index in [4.69, 9.17) is 21.1 Å². The molecule has 0 N–H and O–H groups in total. The van der Waals surface area contributed by atoms with E-state index < -0.39 is 0 Å². The number of nitrogens with zero attached hydrogens (tertiary/aromatic N) is 3. The molecule has 0 aromatic carbocycles. The lowest BCUT2D eigenvalue weighted by Crippen LogP contribution is -2.42. The van der Waals surface area contributed by atoms with E-state index in [0.29, 0.717) is 30.2 Å². The van der Waals surface area contributed by atoms with Gasteiger partial charge in [0.25, 0.3) is 0 Å². The van der Waals surface area contributed by atoms with Crippen LogP contribution in [-0.4, -0.2) is 47.7 Å². The zero-order valence-electron chi connectivity index (χ0n) is 11.9. The number of methoxy groups -OCH3 is 1. The number of aromatic nitrogens is 2. The Morgan fingerprint density at radius 2 is 2.25 bits per heavy atom. The summed E-state index contributed by atoms with van der Waals surface area (Å²) >= 11 is 8.33. The van der Waals surface area contributed by atoms with E-state index in [1.165, 1.54) is 0 Å². The molecular formula is C13H19ClIN3O2. The maximum Gasteiger partial charge on any atom is 0.160 e. The van der Waals surface area contributed by atoms with Gasteiger partial charge < -0.3 is 9.47 Å². The highest BCUT2D eigenvalue weighted by Crippen LogP contribution is 2.26. The molecule has 7 heteroatoms. The molecule has 2 rings (SSSR count). The van der Waals surface area contributed by atoms with Gasteiger partial charge in [0.15, 0.2) is 5.82 Å². The largest absolute Gasteiger partial charge is 0.378 e. The first-order valence-electron chi connectivity index (χ1n) is 6.59. The average molecular weight is 412 g/mol. The fourth-order valence-corrected chi connectivity index (χ4v) is 2.74. The van der Waals surface area contributed by atoms with Crippen LogP contribution in [0.4, 0.5) is 0 Å². The van der Waals surface area contributed by atoms with Gasteiger partial charge in [-0.05, 0) is 36.4 Å². The second-order valence-corrected chi connectivity index (χ2v) is 6.45. The van der Waals surface area contributed by atoms with E-state index in [9.17, 15) is 0 Å². The van der Waals surface area contributed by atoms with Crippen molar-refractivity contribution >= 4 is 34.2 Å². The summed E-state index contributed by atoms with van der Waals surface area (Å²) in [5.41, 5.74) is 0.813. The summed E-state index contributed by atoms with van der Waals surface area (Å²) in [5.74, 6) is 0.646. The van der Waals surface area contributed by atoms with Crippen LogP contribution in [0.1, 0.15) is 31.5 Å². The van der Waals surface area contributed by atoms with Crippen molar-refractivity contribution in [3.8, 4) is 0 Å². The highest BCUT2D eigenvalue weighted by Gasteiger charge is 2.27. The van der Waals surface area contributed by atoms with Crippen LogP contribution in [0.2, 0.25) is 5.15 Å². The van der Waals surface area contributed by atoms with Crippen molar-refractivity contribution in [3.63, 3.8) is 0 Å². The molecule has 112 valence electrons. The quantitative estimate of drug-likeness (QED) is 0.563. The molecule has 1 saturated heterocycles. The van der Waals surface area contributed by atoms with Gasteiger partial charge in [0.1, 0.15) is 11.3 Å². The molecule has 5 nitrogen and oxygen atoms in total. The molecule has 1 aliphatic rings. The molecule has 0 spiro atoms. The number of ether oxygens (including phenoxy) is 2. The van der Waals surface area contributed by atoms with Crippen LogP contribution in [-0.2, 0) is 16.1 Å². The lowest BCUT2D eigenvalue weighted by Gasteiger charge is -2.34. The Bertz CT molecular complexity index is 473. The number of hydrogen-bond acceptors (Lipinski definition) is 5. The third kappa shape index (κ3) is 3.79. The molecule has 0 amide bonds. The minimum Gasteiger partial charge on any atom is -0.378 e. The first-order valence-corrected chi connectivity index (χ1v) is 8.05. The van der Waals surface area contributed by atoms with Gasteiger partial charge in [-0.15, -0.1) is 0 Å². The number of hydrogen-bond donors (Lipinski definition) is 0. The third-order valence-electron chi connectivity index (χ3n) is 3.29. The van der Waals surface area contributed by atoms with Crippen LogP contribution >= 0.6 is 34.2 Å². The van der Waals surface area contributed by atoms with Crippen molar-refractivity contribution in [1.29, 1.82) is 0 Å². The lowest BCUT2D eigenvalue weighted by molar-refractivity contribution is -0.0444. The maximum atomic E-state index is 6.19. The normalized spacial score (nSPS) is 20.6. The molecule has 1 unspecified atom stereocenters. The Morgan fingerprint density at radius 1 is 1.50 bits per heavy atom. The Labute approximate surface area is 138 Å². The molecule has 1 aromatic heterocycles. The van der Waals surface area contributed by atoms with Crippen molar-refractivity contribution < 1.29 is 9.47 Å². The summed E-state index contributed by atoms with van der Waals surface area (Å²) in [6.07, 6.45) is -0.128. The van der Waals surface area contributed by atoms with E-state index in [-0.39, 0.29) is 6.10 Å². The molecule has 0 saturated carbocycles. The van der Waals surface area contributed by atoms with Crippen molar-refractivity contribution in [2.45, 2.75) is 32.6 Å². The zero-order chi connectivity index (χ0) is 14.7. The first kappa shape index (κ1) is 16.4. The van der Waals surface area contributed by atoms with Gasteiger partial charge in [0.05, 0.1) is 22.5 Å². The number of halogens is 2. The van der Waals surface area contributed by atoms with Crippen LogP contribution in [0.25, 0.3) is 0 Å². The Morgan fingerprint density at radius 3 is 2.90 bits per heavy atom. The first-order chi connectivity index (χ1) is 9.52. The minimum absolute atomic E-state index is 0.128. The van der Waals surface area contributed by atoms with E-state index >= 15 is 0 Å². The predicted octanol–water partition coefficient (Wildman–Crippen LogP) is 2.66. The molecule has 1 aromatic rings. The Hall–Kier alpha value is -0.0200. The van der Waals surface area contributed by atoms with E-state index in [1.807, 2.05) is 0 Å². The van der Waals surface area contributed by atoms with Crippen LogP contribution in [0.3, 0.4) is 0 Å². The molecule has 1 aliphatic heterocycles. The van der Waals surface area contributed by atoms with Crippen LogP contribution in [0, 0.1) is 3.57 Å². The van der Waals surface area contributed by atoms with E-state index in [0.717, 1.165) is 22.4 Å². The number of rotatable bonds is 4. The highest BCUT2D eigenvalue weighted by molar-refractivity contribution is 14.1. The average Bonchev–Trinajstić information content (AvgIpc) is 2.44. The van der Waals surface area contributed by atoms with Crippen molar-refractivity contribution in [2.75, 3.05) is 26.8 Å². The predicted molar refractivity (Wildman–Crippen MR) is 85.9 cm³/mol. The fraction of sp³-hybridized carbons (Fsp3) is 0.692. The number of morpholine rings is 1. The smallest absolute Gasteiger partial charge is 0.160 e. The second kappa shape index (κ2) is 7.31. The standard InChI is InChI=1S/C13H19ClIN3O2/c1-8(2)18-4-5-20-10(6-18)13-16-9(7-19-3)11(15)12(14)17-13/h8,10H,4-7H2,1-3H3. The van der Waals surface area contributed by atoms with Gasteiger partial charge in [-0.1, -0.05) is 11.6 Å². The van der Waals surface area contributed by atoms with Gasteiger partial charge in [0.2, 0.25) is 0 Å². The van der Waals surface area contributed by atoms with Crippen molar-refractivity contribution in [1.82, 2.24) is 14.9 Å². The zero-order valence-corrected chi connectivity index (χ0v) is 14.8. The Balaban J connectivity index is 2.23. The molecule has 2 heterocycles. The van der Waals surface area contributed by atoms with Gasteiger partial charge in [-0.3, -0.25) is 4.90 Å². The topological polar surface area (TPSA) is 47.5 Å². The molecule has 0 aliphatic carbocycles. The van der Waals surface area contributed by atoms with Crippen molar-refractivity contribution in [3.05, 3.63) is 20.2 Å². The summed E-state index contributed by atoms with van der Waals surface area (Å²) in [5, 5.41) is 0.466. The molecule has 20 heavy (non-hydrogen) atoms. The third-order valence-corrected chi connectivity index (χ3v) is 5.02. The van der Waals surface area contributed by atoms with Crippen molar-refractivity contribution in [2.24, 2.45) is 0 Å². The maximum absolute atomic E-state index is 6.19. The molecule has 1 atom stereocenters. The monoisotopic (exact) mass is 411 g/mol. The van der Waals surface area contributed by atoms with E-state index in [1.54, 1.807) is 7.11 Å². The Kier molecular flexibility index (Phi) is 5.97. The van der Waals surface area contributed by atoms with Gasteiger partial charge in [-0.2, -0.15) is 0 Å². The van der Waals surface area contributed by atoms with Gasteiger partial charge in [-0.25, -0.2) is 9.97 Å². The van der Waals surface area contributed by atoms with Gasteiger partial charge in [0, 0.05) is 26.2 Å². The fourth-order valence-electron chi connectivity index (χ4n) is 2.15. The molecule has 0 bridgehead atoms. The molecule has 1 fully saturated rings. The summed E-state index contributed by atoms with van der Waals surface area (Å²) in [6.45, 7) is 7.21. The van der Waals surface area contributed by atoms with Crippen LogP contribution in [0.5, 0.6) is 0 Å². The lowest BCUT2D eigenvalue weighted by atomic mass is 10.2. The minimum atomic E-state index is -0.128. The molecule has 0 radical (unpaired) electrons. The van der Waals surface area contributed by atoms with E-state index in [2.05, 4.69) is 51.3 Å². The van der Waals surface area contributed by atoms with Crippen LogP contribution in [0.15, 0.2) is 0 Å². The highest BCUT2D eigenvalue weighted by atomic mass is 127. The molecular weight excluding hydrogens is 393 g/mol. The summed E-state index contributed by atoms with van der Waals surface area (Å²) in [6, 6.07) is 0.485. The van der Waals surface area contributed by atoms with Gasteiger partial charge >= 0.3 is 0 Å². The SMILES string of the molecule is COCc1nc(C2CN(C(C)C)CCO2)nc(Cl)c1I. The second-order valence-electron chi connectivity index (χ2n) is 5.01. The summed E-state index contributed by atoms with van der Waals surface area (Å²) in [4.78, 5) is 11.3.